The van der Waals surface area contributed by atoms with Crippen molar-refractivity contribution in [3.63, 3.8) is 0 Å². The van der Waals surface area contributed by atoms with Crippen molar-refractivity contribution in [2.24, 2.45) is 0 Å². The number of nitriles is 3. The third-order valence-electron chi connectivity index (χ3n) is 2.68. The van der Waals surface area contributed by atoms with Gasteiger partial charge >= 0.3 is 5.97 Å². The fourth-order valence-electron chi connectivity index (χ4n) is 1.54. The van der Waals surface area contributed by atoms with Gasteiger partial charge in [0.2, 0.25) is 0 Å². The SMILES string of the molecule is CCCCOC(=O)c1cccc(NC(C#N)=C(C#N)C#N)c1. The predicted octanol–water partition coefficient (Wildman–Crippen LogP) is 2.88. The van der Waals surface area contributed by atoms with Crippen molar-refractivity contribution in [3.05, 3.63) is 41.1 Å². The topological polar surface area (TPSA) is 110 Å². The molecule has 0 aliphatic carbocycles. The highest BCUT2D eigenvalue weighted by Gasteiger charge is 2.10. The van der Waals surface area contributed by atoms with Crippen molar-refractivity contribution in [1.82, 2.24) is 0 Å². The van der Waals surface area contributed by atoms with E-state index in [1.165, 1.54) is 6.07 Å². The summed E-state index contributed by atoms with van der Waals surface area (Å²) in [4.78, 5) is 11.8. The van der Waals surface area contributed by atoms with Crippen LogP contribution in [0.3, 0.4) is 0 Å². The second kappa shape index (κ2) is 8.79. The van der Waals surface area contributed by atoms with Gasteiger partial charge in [-0.25, -0.2) is 4.79 Å². The quantitative estimate of drug-likeness (QED) is 0.490. The lowest BCUT2D eigenvalue weighted by atomic mass is 10.2. The Hall–Kier alpha value is -3.30. The third-order valence-corrected chi connectivity index (χ3v) is 2.68. The lowest BCUT2D eigenvalue weighted by Crippen LogP contribution is -2.07. The molecule has 0 amide bonds. The fraction of sp³-hybridized carbons (Fsp3) is 0.250. The van der Waals surface area contributed by atoms with E-state index in [9.17, 15) is 4.79 Å². The molecular formula is C16H14N4O2. The molecule has 6 heteroatoms. The third kappa shape index (κ3) is 4.67. The largest absolute Gasteiger partial charge is 0.462 e. The minimum atomic E-state index is -0.458. The molecule has 0 aromatic heterocycles. The highest BCUT2D eigenvalue weighted by Crippen LogP contribution is 2.15. The number of ether oxygens (including phenoxy) is 1. The Morgan fingerprint density at radius 3 is 2.55 bits per heavy atom. The van der Waals surface area contributed by atoms with E-state index >= 15 is 0 Å². The molecule has 0 saturated heterocycles. The molecule has 0 heterocycles. The molecule has 0 radical (unpaired) electrons. The van der Waals surface area contributed by atoms with Crippen molar-refractivity contribution in [1.29, 1.82) is 15.8 Å². The minimum absolute atomic E-state index is 0.165. The Bertz CT molecular complexity index is 686. The predicted molar refractivity (Wildman–Crippen MR) is 79.1 cm³/mol. The summed E-state index contributed by atoms with van der Waals surface area (Å²) >= 11 is 0. The molecule has 1 aromatic carbocycles. The van der Waals surface area contributed by atoms with Gasteiger partial charge in [-0.05, 0) is 24.6 Å². The van der Waals surface area contributed by atoms with E-state index in [-0.39, 0.29) is 11.3 Å². The molecule has 0 bridgehead atoms. The van der Waals surface area contributed by atoms with E-state index in [0.29, 0.717) is 17.9 Å². The van der Waals surface area contributed by atoms with Crippen molar-refractivity contribution in [2.45, 2.75) is 19.8 Å². The molecule has 0 atom stereocenters. The molecule has 1 N–H and O–H groups in total. The molecular weight excluding hydrogens is 280 g/mol. The molecule has 1 rings (SSSR count). The van der Waals surface area contributed by atoms with E-state index < -0.39 is 5.97 Å². The molecule has 1 aromatic rings. The first-order valence-corrected chi connectivity index (χ1v) is 6.65. The zero-order chi connectivity index (χ0) is 16.4. The number of benzene rings is 1. The van der Waals surface area contributed by atoms with Crippen LogP contribution < -0.4 is 5.32 Å². The van der Waals surface area contributed by atoms with Gasteiger partial charge < -0.3 is 10.1 Å². The Balaban J connectivity index is 2.92. The zero-order valence-electron chi connectivity index (χ0n) is 12.1. The summed E-state index contributed by atoms with van der Waals surface area (Å²) in [7, 11) is 0. The molecule has 0 unspecified atom stereocenters. The summed E-state index contributed by atoms with van der Waals surface area (Å²) < 4.78 is 5.10. The van der Waals surface area contributed by atoms with E-state index in [1.807, 2.05) is 6.92 Å². The number of nitrogens with one attached hydrogen (secondary N) is 1. The van der Waals surface area contributed by atoms with Crippen molar-refractivity contribution in [3.8, 4) is 18.2 Å². The van der Waals surface area contributed by atoms with Gasteiger partial charge in [0.25, 0.3) is 0 Å². The van der Waals surface area contributed by atoms with Crippen LogP contribution in [0.1, 0.15) is 30.1 Å². The second-order valence-corrected chi connectivity index (χ2v) is 4.28. The average Bonchev–Trinajstić information content (AvgIpc) is 2.55. The molecule has 110 valence electrons. The van der Waals surface area contributed by atoms with Gasteiger partial charge in [-0.2, -0.15) is 15.8 Å². The van der Waals surface area contributed by atoms with Gasteiger partial charge in [-0.1, -0.05) is 19.4 Å². The fourth-order valence-corrected chi connectivity index (χ4v) is 1.54. The first kappa shape index (κ1) is 16.8. The number of unbranched alkanes of at least 4 members (excludes halogenated alkanes) is 1. The molecule has 22 heavy (non-hydrogen) atoms. The number of nitrogens with zero attached hydrogens (tertiary/aromatic N) is 3. The number of carbonyl (C=O) groups is 1. The lowest BCUT2D eigenvalue weighted by Gasteiger charge is -2.07. The van der Waals surface area contributed by atoms with Gasteiger partial charge in [0.15, 0.2) is 5.57 Å². The van der Waals surface area contributed by atoms with E-state index in [2.05, 4.69) is 5.32 Å². The van der Waals surface area contributed by atoms with Crippen LogP contribution in [0, 0.1) is 34.0 Å². The van der Waals surface area contributed by atoms with Crippen LogP contribution >= 0.6 is 0 Å². The highest BCUT2D eigenvalue weighted by molar-refractivity contribution is 5.90. The first-order chi connectivity index (χ1) is 10.7. The molecule has 0 aliphatic rings. The number of carbonyl (C=O) groups excluding carboxylic acids is 1. The maximum atomic E-state index is 11.8. The number of hydrogen-bond donors (Lipinski definition) is 1. The van der Waals surface area contributed by atoms with Gasteiger partial charge in [-0.3, -0.25) is 0 Å². The number of esters is 1. The van der Waals surface area contributed by atoms with E-state index in [1.54, 1.807) is 36.4 Å². The molecule has 0 aliphatic heterocycles. The highest BCUT2D eigenvalue weighted by atomic mass is 16.5. The van der Waals surface area contributed by atoms with Crippen molar-refractivity contribution >= 4 is 11.7 Å². The number of hydrogen-bond acceptors (Lipinski definition) is 6. The molecule has 6 nitrogen and oxygen atoms in total. The summed E-state index contributed by atoms with van der Waals surface area (Å²) in [6.45, 7) is 2.35. The van der Waals surface area contributed by atoms with Crippen LogP contribution in [0.5, 0.6) is 0 Å². The van der Waals surface area contributed by atoms with Crippen LogP contribution in [0.2, 0.25) is 0 Å². The van der Waals surface area contributed by atoms with E-state index in [0.717, 1.165) is 12.8 Å². The smallest absolute Gasteiger partial charge is 0.338 e. The average molecular weight is 294 g/mol. The van der Waals surface area contributed by atoms with Crippen LogP contribution in [0.15, 0.2) is 35.5 Å². The van der Waals surface area contributed by atoms with E-state index in [4.69, 9.17) is 20.5 Å². The summed E-state index contributed by atoms with van der Waals surface area (Å²) in [5, 5.41) is 29.2. The minimum Gasteiger partial charge on any atom is -0.462 e. The molecule has 0 saturated carbocycles. The van der Waals surface area contributed by atoms with Crippen LogP contribution in [-0.2, 0) is 4.74 Å². The Labute approximate surface area is 128 Å². The summed E-state index contributed by atoms with van der Waals surface area (Å²) in [6, 6.07) is 11.3. The Kier molecular flexibility index (Phi) is 6.69. The van der Waals surface area contributed by atoms with Gasteiger partial charge in [0.1, 0.15) is 23.9 Å². The zero-order valence-corrected chi connectivity index (χ0v) is 12.1. The molecule has 0 fully saturated rings. The van der Waals surface area contributed by atoms with Crippen molar-refractivity contribution < 1.29 is 9.53 Å². The summed E-state index contributed by atoms with van der Waals surface area (Å²) in [6.07, 6.45) is 1.72. The van der Waals surface area contributed by atoms with Gasteiger partial charge in [0, 0.05) is 5.69 Å². The van der Waals surface area contributed by atoms with Gasteiger partial charge in [-0.15, -0.1) is 0 Å². The number of anilines is 1. The normalized spacial score (nSPS) is 8.82. The van der Waals surface area contributed by atoms with Crippen molar-refractivity contribution in [2.75, 3.05) is 11.9 Å². The summed E-state index contributed by atoms with van der Waals surface area (Å²) in [5.74, 6) is -0.458. The first-order valence-electron chi connectivity index (χ1n) is 6.65. The Morgan fingerprint density at radius 1 is 1.23 bits per heavy atom. The maximum Gasteiger partial charge on any atom is 0.338 e. The van der Waals surface area contributed by atoms with Crippen LogP contribution in [-0.4, -0.2) is 12.6 Å². The standard InChI is InChI=1S/C16H14N4O2/c1-2-3-7-22-16(21)12-5-4-6-14(8-12)20-15(11-19)13(9-17)10-18/h4-6,8,20H,2-3,7H2,1H3. The van der Waals surface area contributed by atoms with Gasteiger partial charge in [0.05, 0.1) is 12.2 Å². The number of allylic oxidation sites excluding steroid dienone is 2. The van der Waals surface area contributed by atoms with Crippen LogP contribution in [0.4, 0.5) is 5.69 Å². The molecule has 0 spiro atoms. The number of rotatable bonds is 6. The monoisotopic (exact) mass is 294 g/mol. The Morgan fingerprint density at radius 2 is 1.95 bits per heavy atom. The maximum absolute atomic E-state index is 11.8. The second-order valence-electron chi connectivity index (χ2n) is 4.28. The lowest BCUT2D eigenvalue weighted by molar-refractivity contribution is 0.0500. The summed E-state index contributed by atoms with van der Waals surface area (Å²) in [5.41, 5.74) is 0.262. The van der Waals surface area contributed by atoms with Crippen LogP contribution in [0.25, 0.3) is 0 Å².